The fourth-order valence-corrected chi connectivity index (χ4v) is 1.80. The fourth-order valence-electron chi connectivity index (χ4n) is 1.54. The van der Waals surface area contributed by atoms with Crippen LogP contribution in [0.2, 0.25) is 5.02 Å². The standard InChI is InChI=1S/C14H21ClN2O2/c1-5-9(2)16-14(18)10(3)17-11-6-7-13(19-4)12(15)8-11/h6-10,17H,5H2,1-4H3,(H,16,18). The van der Waals surface area contributed by atoms with Crippen molar-refractivity contribution >= 4 is 23.2 Å². The van der Waals surface area contributed by atoms with Gasteiger partial charge in [0.1, 0.15) is 11.8 Å². The number of halogens is 1. The average Bonchev–Trinajstić information content (AvgIpc) is 2.38. The quantitative estimate of drug-likeness (QED) is 0.844. The Hall–Kier alpha value is -1.42. The summed E-state index contributed by atoms with van der Waals surface area (Å²) in [6.45, 7) is 5.83. The van der Waals surface area contributed by atoms with Crippen LogP contribution in [0.1, 0.15) is 27.2 Å². The van der Waals surface area contributed by atoms with Crippen molar-refractivity contribution in [3.8, 4) is 5.75 Å². The van der Waals surface area contributed by atoms with Crippen LogP contribution in [0.15, 0.2) is 18.2 Å². The maximum atomic E-state index is 11.9. The molecule has 0 aliphatic rings. The highest BCUT2D eigenvalue weighted by molar-refractivity contribution is 6.32. The summed E-state index contributed by atoms with van der Waals surface area (Å²) in [5.41, 5.74) is 0.789. The molecule has 0 fully saturated rings. The van der Waals surface area contributed by atoms with Crippen LogP contribution in [0, 0.1) is 0 Å². The molecule has 1 rings (SSSR count). The van der Waals surface area contributed by atoms with E-state index >= 15 is 0 Å². The van der Waals surface area contributed by atoms with Crippen LogP contribution in [0.3, 0.4) is 0 Å². The second kappa shape index (κ2) is 7.24. The number of benzene rings is 1. The third-order valence-electron chi connectivity index (χ3n) is 2.93. The van der Waals surface area contributed by atoms with E-state index in [0.717, 1.165) is 12.1 Å². The van der Waals surface area contributed by atoms with Crippen molar-refractivity contribution in [1.82, 2.24) is 5.32 Å². The Morgan fingerprint density at radius 1 is 1.42 bits per heavy atom. The van der Waals surface area contributed by atoms with Crippen LogP contribution in [0.5, 0.6) is 5.75 Å². The van der Waals surface area contributed by atoms with Crippen LogP contribution < -0.4 is 15.4 Å². The first-order valence-corrected chi connectivity index (χ1v) is 6.76. The first-order chi connectivity index (χ1) is 8.97. The van der Waals surface area contributed by atoms with Gasteiger partial charge in [-0.3, -0.25) is 4.79 Å². The Labute approximate surface area is 119 Å². The Bertz CT molecular complexity index is 437. The van der Waals surface area contributed by atoms with Gasteiger partial charge in [-0.1, -0.05) is 18.5 Å². The van der Waals surface area contributed by atoms with Gasteiger partial charge in [0.15, 0.2) is 0 Å². The van der Waals surface area contributed by atoms with Crippen LogP contribution in [-0.2, 0) is 4.79 Å². The SMILES string of the molecule is CCC(C)NC(=O)C(C)Nc1ccc(OC)c(Cl)c1. The minimum absolute atomic E-state index is 0.0266. The average molecular weight is 285 g/mol. The molecule has 0 aliphatic heterocycles. The Kier molecular flexibility index (Phi) is 5.96. The molecule has 5 heteroatoms. The molecule has 0 saturated heterocycles. The first kappa shape index (κ1) is 15.6. The lowest BCUT2D eigenvalue weighted by atomic mass is 10.2. The van der Waals surface area contributed by atoms with E-state index in [9.17, 15) is 4.79 Å². The molecule has 1 amide bonds. The second-order valence-electron chi connectivity index (χ2n) is 4.53. The van der Waals surface area contributed by atoms with Gasteiger partial charge in [-0.15, -0.1) is 0 Å². The van der Waals surface area contributed by atoms with E-state index in [-0.39, 0.29) is 18.0 Å². The molecule has 4 nitrogen and oxygen atoms in total. The smallest absolute Gasteiger partial charge is 0.242 e. The summed E-state index contributed by atoms with van der Waals surface area (Å²) in [7, 11) is 1.57. The highest BCUT2D eigenvalue weighted by Gasteiger charge is 2.14. The predicted octanol–water partition coefficient (Wildman–Crippen LogP) is 3.06. The number of nitrogens with one attached hydrogen (secondary N) is 2. The number of carbonyl (C=O) groups is 1. The maximum Gasteiger partial charge on any atom is 0.242 e. The maximum absolute atomic E-state index is 11.9. The van der Waals surface area contributed by atoms with Gasteiger partial charge in [0.25, 0.3) is 0 Å². The number of rotatable bonds is 6. The van der Waals surface area contributed by atoms with Crippen LogP contribution in [-0.4, -0.2) is 25.1 Å². The van der Waals surface area contributed by atoms with Crippen molar-refractivity contribution in [2.24, 2.45) is 0 Å². The van der Waals surface area contributed by atoms with E-state index in [1.807, 2.05) is 26.8 Å². The van der Waals surface area contributed by atoms with E-state index in [1.165, 1.54) is 0 Å². The van der Waals surface area contributed by atoms with E-state index in [1.54, 1.807) is 19.2 Å². The number of methoxy groups -OCH3 is 1. The van der Waals surface area contributed by atoms with Crippen LogP contribution in [0.25, 0.3) is 0 Å². The summed E-state index contributed by atoms with van der Waals surface area (Å²) in [5.74, 6) is 0.588. The number of anilines is 1. The lowest BCUT2D eigenvalue weighted by molar-refractivity contribution is -0.122. The molecule has 1 aromatic carbocycles. The summed E-state index contributed by atoms with van der Waals surface area (Å²) in [6, 6.07) is 5.20. The van der Waals surface area contributed by atoms with Gasteiger partial charge in [0, 0.05) is 11.7 Å². The zero-order chi connectivity index (χ0) is 14.4. The second-order valence-corrected chi connectivity index (χ2v) is 4.94. The number of hydrogen-bond acceptors (Lipinski definition) is 3. The monoisotopic (exact) mass is 284 g/mol. The largest absolute Gasteiger partial charge is 0.495 e. The highest BCUT2D eigenvalue weighted by Crippen LogP contribution is 2.27. The Morgan fingerprint density at radius 3 is 2.63 bits per heavy atom. The fraction of sp³-hybridized carbons (Fsp3) is 0.500. The van der Waals surface area contributed by atoms with Crippen molar-refractivity contribution < 1.29 is 9.53 Å². The molecule has 0 radical (unpaired) electrons. The molecular weight excluding hydrogens is 264 g/mol. The molecule has 0 saturated carbocycles. The molecule has 2 N–H and O–H groups in total. The zero-order valence-corrected chi connectivity index (χ0v) is 12.5. The van der Waals surface area contributed by atoms with Crippen molar-refractivity contribution in [1.29, 1.82) is 0 Å². The van der Waals surface area contributed by atoms with Crippen molar-refractivity contribution in [2.45, 2.75) is 39.3 Å². The van der Waals surface area contributed by atoms with Crippen molar-refractivity contribution in [3.05, 3.63) is 23.2 Å². The first-order valence-electron chi connectivity index (χ1n) is 6.38. The number of carbonyl (C=O) groups excluding carboxylic acids is 1. The third kappa shape index (κ3) is 4.63. The normalized spacial score (nSPS) is 13.5. The molecule has 0 heterocycles. The van der Waals surface area contributed by atoms with Gasteiger partial charge in [0.05, 0.1) is 12.1 Å². The lowest BCUT2D eigenvalue weighted by Gasteiger charge is -2.18. The van der Waals surface area contributed by atoms with Gasteiger partial charge in [-0.05, 0) is 38.5 Å². The molecule has 106 valence electrons. The number of hydrogen-bond donors (Lipinski definition) is 2. The topological polar surface area (TPSA) is 50.4 Å². The Balaban J connectivity index is 2.63. The molecular formula is C14H21ClN2O2. The van der Waals surface area contributed by atoms with Gasteiger partial charge < -0.3 is 15.4 Å². The molecule has 0 bridgehead atoms. The summed E-state index contributed by atoms with van der Waals surface area (Å²) in [4.78, 5) is 11.9. The molecule has 2 atom stereocenters. The van der Waals surface area contributed by atoms with E-state index < -0.39 is 0 Å². The molecule has 0 spiro atoms. The van der Waals surface area contributed by atoms with E-state index in [4.69, 9.17) is 16.3 Å². The molecule has 2 unspecified atom stereocenters. The van der Waals surface area contributed by atoms with Gasteiger partial charge in [-0.2, -0.15) is 0 Å². The highest BCUT2D eigenvalue weighted by atomic mass is 35.5. The van der Waals surface area contributed by atoms with Crippen molar-refractivity contribution in [3.63, 3.8) is 0 Å². The predicted molar refractivity (Wildman–Crippen MR) is 79.0 cm³/mol. The molecule has 19 heavy (non-hydrogen) atoms. The number of amides is 1. The van der Waals surface area contributed by atoms with Gasteiger partial charge in [0.2, 0.25) is 5.91 Å². The zero-order valence-electron chi connectivity index (χ0n) is 11.8. The van der Waals surface area contributed by atoms with Gasteiger partial charge >= 0.3 is 0 Å². The van der Waals surface area contributed by atoms with Crippen LogP contribution >= 0.6 is 11.6 Å². The minimum atomic E-state index is -0.321. The molecule has 1 aromatic rings. The van der Waals surface area contributed by atoms with E-state index in [0.29, 0.717) is 10.8 Å². The van der Waals surface area contributed by atoms with Gasteiger partial charge in [-0.25, -0.2) is 0 Å². The van der Waals surface area contributed by atoms with Crippen LogP contribution in [0.4, 0.5) is 5.69 Å². The summed E-state index contributed by atoms with van der Waals surface area (Å²) < 4.78 is 5.08. The Morgan fingerprint density at radius 2 is 2.11 bits per heavy atom. The van der Waals surface area contributed by atoms with Crippen molar-refractivity contribution in [2.75, 3.05) is 12.4 Å². The summed E-state index contributed by atoms with van der Waals surface area (Å²) >= 11 is 6.03. The molecule has 0 aromatic heterocycles. The summed E-state index contributed by atoms with van der Waals surface area (Å²) in [5, 5.41) is 6.55. The summed E-state index contributed by atoms with van der Waals surface area (Å²) in [6.07, 6.45) is 0.910. The third-order valence-corrected chi connectivity index (χ3v) is 3.22. The minimum Gasteiger partial charge on any atom is -0.495 e. The number of ether oxygens (including phenoxy) is 1. The molecule has 0 aliphatic carbocycles. The van der Waals surface area contributed by atoms with E-state index in [2.05, 4.69) is 10.6 Å². The lowest BCUT2D eigenvalue weighted by Crippen LogP contribution is -2.41.